The molecule has 2 N–H and O–H groups in total. The topological polar surface area (TPSA) is 29.3 Å². The van der Waals surface area contributed by atoms with Gasteiger partial charge in [0.25, 0.3) is 0 Å². The Kier molecular flexibility index (Phi) is 5.90. The summed E-state index contributed by atoms with van der Waals surface area (Å²) in [6.07, 6.45) is 7.92. The van der Waals surface area contributed by atoms with Crippen LogP contribution in [0.15, 0.2) is 24.3 Å². The average Bonchev–Trinajstić information content (AvgIpc) is 2.49. The van der Waals surface area contributed by atoms with Crippen molar-refractivity contribution in [1.29, 1.82) is 0 Å². The Balaban J connectivity index is 2.24. The van der Waals surface area contributed by atoms with Crippen LogP contribution in [0.25, 0.3) is 0 Å². The van der Waals surface area contributed by atoms with Gasteiger partial charge < -0.3 is 10.6 Å². The van der Waals surface area contributed by atoms with E-state index in [1.165, 1.54) is 43.4 Å². The highest BCUT2D eigenvalue weighted by atomic mass is 15.2. The van der Waals surface area contributed by atoms with Gasteiger partial charge in [-0.05, 0) is 50.3 Å². The number of nitrogens with zero attached hydrogens (tertiary/aromatic N) is 1. The Bertz CT molecular complexity index is 402. The summed E-state index contributed by atoms with van der Waals surface area (Å²) in [6, 6.07) is 9.53. The Morgan fingerprint density at radius 3 is 2.65 bits per heavy atom. The van der Waals surface area contributed by atoms with Crippen LogP contribution in [0.3, 0.4) is 0 Å². The fourth-order valence-electron chi connectivity index (χ4n) is 3.69. The zero-order valence-electron chi connectivity index (χ0n) is 13.1. The molecule has 0 heterocycles. The molecule has 0 aliphatic heterocycles. The van der Waals surface area contributed by atoms with E-state index in [0.717, 1.165) is 25.4 Å². The third kappa shape index (κ3) is 3.54. The summed E-state index contributed by atoms with van der Waals surface area (Å²) in [5.74, 6) is 0.848. The Morgan fingerprint density at radius 1 is 1.20 bits per heavy atom. The van der Waals surface area contributed by atoms with Crippen molar-refractivity contribution in [3.8, 4) is 0 Å². The van der Waals surface area contributed by atoms with Gasteiger partial charge in [-0.25, -0.2) is 0 Å². The molecule has 1 aromatic carbocycles. The summed E-state index contributed by atoms with van der Waals surface area (Å²) in [6.45, 7) is 6.46. The Morgan fingerprint density at radius 2 is 1.95 bits per heavy atom. The minimum Gasteiger partial charge on any atom is -0.368 e. The second-order valence-electron chi connectivity index (χ2n) is 6.14. The number of rotatable bonds is 6. The van der Waals surface area contributed by atoms with Crippen molar-refractivity contribution in [2.45, 2.75) is 58.4 Å². The maximum Gasteiger partial charge on any atom is 0.0398 e. The van der Waals surface area contributed by atoms with E-state index in [1.807, 2.05) is 0 Å². The van der Waals surface area contributed by atoms with Gasteiger partial charge in [-0.15, -0.1) is 0 Å². The highest BCUT2D eigenvalue weighted by Gasteiger charge is 2.29. The molecule has 0 bridgehead atoms. The summed E-state index contributed by atoms with van der Waals surface area (Å²) in [4.78, 5) is 2.66. The largest absolute Gasteiger partial charge is 0.368 e. The third-order valence-corrected chi connectivity index (χ3v) is 4.82. The minimum absolute atomic E-state index is 0.710. The molecule has 0 radical (unpaired) electrons. The van der Waals surface area contributed by atoms with E-state index in [0.29, 0.717) is 6.04 Å². The predicted molar refractivity (Wildman–Crippen MR) is 88.2 cm³/mol. The fraction of sp³-hybridized carbons (Fsp3) is 0.667. The van der Waals surface area contributed by atoms with Gasteiger partial charge in [-0.2, -0.15) is 0 Å². The lowest BCUT2D eigenvalue weighted by atomic mass is 9.81. The van der Waals surface area contributed by atoms with E-state index in [1.54, 1.807) is 0 Å². The molecule has 1 aliphatic carbocycles. The monoisotopic (exact) mass is 274 g/mol. The lowest BCUT2D eigenvalue weighted by Crippen LogP contribution is -2.43. The quantitative estimate of drug-likeness (QED) is 0.845. The van der Waals surface area contributed by atoms with Crippen LogP contribution in [0, 0.1) is 12.8 Å². The zero-order valence-corrected chi connectivity index (χ0v) is 13.1. The Hall–Kier alpha value is -1.02. The van der Waals surface area contributed by atoms with E-state index < -0.39 is 0 Å². The molecule has 1 aliphatic rings. The SMILES string of the molecule is CCC1CCCCC1N(CCCN)c1ccccc1C. The molecule has 2 rings (SSSR count). The van der Waals surface area contributed by atoms with Crippen LogP contribution in [0.5, 0.6) is 0 Å². The molecule has 0 aromatic heterocycles. The molecule has 2 heteroatoms. The van der Waals surface area contributed by atoms with Crippen LogP contribution in [0.4, 0.5) is 5.69 Å². The van der Waals surface area contributed by atoms with Crippen molar-refractivity contribution in [1.82, 2.24) is 0 Å². The second kappa shape index (κ2) is 7.68. The summed E-state index contributed by atoms with van der Waals surface area (Å²) in [5, 5.41) is 0. The van der Waals surface area contributed by atoms with Crippen LogP contribution in [-0.4, -0.2) is 19.1 Å². The number of hydrogen-bond acceptors (Lipinski definition) is 2. The number of anilines is 1. The molecule has 1 fully saturated rings. The van der Waals surface area contributed by atoms with Gasteiger partial charge >= 0.3 is 0 Å². The lowest BCUT2D eigenvalue weighted by molar-refractivity contribution is 0.284. The molecular weight excluding hydrogens is 244 g/mol. The van der Waals surface area contributed by atoms with Gasteiger partial charge in [0.2, 0.25) is 0 Å². The molecule has 0 amide bonds. The van der Waals surface area contributed by atoms with Crippen LogP contribution < -0.4 is 10.6 Å². The van der Waals surface area contributed by atoms with E-state index in [-0.39, 0.29) is 0 Å². The first kappa shape index (κ1) is 15.4. The van der Waals surface area contributed by atoms with Crippen LogP contribution in [0.1, 0.15) is 51.0 Å². The van der Waals surface area contributed by atoms with E-state index >= 15 is 0 Å². The second-order valence-corrected chi connectivity index (χ2v) is 6.14. The van der Waals surface area contributed by atoms with Gasteiger partial charge in [0, 0.05) is 18.3 Å². The van der Waals surface area contributed by atoms with Crippen LogP contribution in [0.2, 0.25) is 0 Å². The first-order chi connectivity index (χ1) is 9.77. The summed E-state index contributed by atoms with van der Waals surface area (Å²) < 4.78 is 0. The number of para-hydroxylation sites is 1. The van der Waals surface area contributed by atoms with Gasteiger partial charge in [-0.3, -0.25) is 0 Å². The van der Waals surface area contributed by atoms with Crippen LogP contribution >= 0.6 is 0 Å². The summed E-state index contributed by atoms with van der Waals surface area (Å²) >= 11 is 0. The minimum atomic E-state index is 0.710. The van der Waals surface area contributed by atoms with Crippen molar-refractivity contribution in [2.24, 2.45) is 11.7 Å². The maximum atomic E-state index is 5.76. The molecule has 1 saturated carbocycles. The van der Waals surface area contributed by atoms with Crippen LogP contribution in [-0.2, 0) is 0 Å². The standard InChI is InChI=1S/C18H30N2/c1-3-16-10-5-7-12-18(16)20(14-8-13-19)17-11-6-4-9-15(17)2/h4,6,9,11,16,18H,3,5,7-8,10,12-14,19H2,1-2H3. The van der Waals surface area contributed by atoms with Gasteiger partial charge in [0.15, 0.2) is 0 Å². The molecule has 20 heavy (non-hydrogen) atoms. The Labute approximate surface area is 124 Å². The summed E-state index contributed by atoms with van der Waals surface area (Å²) in [7, 11) is 0. The molecule has 112 valence electrons. The van der Waals surface area contributed by atoms with Crippen molar-refractivity contribution in [3.63, 3.8) is 0 Å². The summed E-state index contributed by atoms with van der Waals surface area (Å²) in [5.41, 5.74) is 8.58. The first-order valence-corrected chi connectivity index (χ1v) is 8.30. The van der Waals surface area contributed by atoms with Gasteiger partial charge in [-0.1, -0.05) is 44.4 Å². The first-order valence-electron chi connectivity index (χ1n) is 8.30. The van der Waals surface area contributed by atoms with E-state index in [9.17, 15) is 0 Å². The lowest BCUT2D eigenvalue weighted by Gasteiger charge is -2.42. The molecule has 0 spiro atoms. The number of aryl methyl sites for hydroxylation is 1. The highest BCUT2D eigenvalue weighted by molar-refractivity contribution is 5.54. The number of benzene rings is 1. The average molecular weight is 274 g/mol. The number of hydrogen-bond donors (Lipinski definition) is 1. The molecule has 0 saturated heterocycles. The smallest absolute Gasteiger partial charge is 0.0398 e. The molecule has 2 atom stereocenters. The highest BCUT2D eigenvalue weighted by Crippen LogP contribution is 2.34. The fourth-order valence-corrected chi connectivity index (χ4v) is 3.69. The number of nitrogens with two attached hydrogens (primary N) is 1. The normalized spacial score (nSPS) is 22.8. The van der Waals surface area contributed by atoms with Crippen molar-refractivity contribution in [2.75, 3.05) is 18.0 Å². The zero-order chi connectivity index (χ0) is 14.4. The predicted octanol–water partition coefficient (Wildman–Crippen LogP) is 4.12. The van der Waals surface area contributed by atoms with E-state index in [4.69, 9.17) is 5.73 Å². The molecular formula is C18H30N2. The van der Waals surface area contributed by atoms with Crippen molar-refractivity contribution in [3.05, 3.63) is 29.8 Å². The van der Waals surface area contributed by atoms with Crippen molar-refractivity contribution >= 4 is 5.69 Å². The van der Waals surface area contributed by atoms with Gasteiger partial charge in [0.1, 0.15) is 0 Å². The molecule has 1 aromatic rings. The third-order valence-electron chi connectivity index (χ3n) is 4.82. The maximum absolute atomic E-state index is 5.76. The molecule has 2 nitrogen and oxygen atoms in total. The molecule has 2 unspecified atom stereocenters. The van der Waals surface area contributed by atoms with Crippen molar-refractivity contribution < 1.29 is 0 Å². The van der Waals surface area contributed by atoms with E-state index in [2.05, 4.69) is 43.0 Å². The van der Waals surface area contributed by atoms with Gasteiger partial charge in [0.05, 0.1) is 0 Å².